The van der Waals surface area contributed by atoms with Gasteiger partial charge in [0.2, 0.25) is 0 Å². The lowest BCUT2D eigenvalue weighted by molar-refractivity contribution is -0.129. The fraction of sp³-hybridized carbons (Fsp3) is 0.308. The van der Waals surface area contributed by atoms with E-state index in [2.05, 4.69) is 176 Å². The molecule has 1 heteroatoms. The van der Waals surface area contributed by atoms with Gasteiger partial charge < -0.3 is 4.90 Å². The third-order valence-electron chi connectivity index (χ3n) is 14.7. The van der Waals surface area contributed by atoms with Crippen LogP contribution in [0, 0.1) is 41.4 Å². The Morgan fingerprint density at radius 3 is 1.36 bits per heavy atom. The van der Waals surface area contributed by atoms with Gasteiger partial charge in [0.25, 0.3) is 0 Å². The van der Waals surface area contributed by atoms with Crippen LogP contribution in [0.2, 0.25) is 0 Å². The van der Waals surface area contributed by atoms with Crippen LogP contribution in [-0.2, 0) is 5.41 Å². The molecule has 10 rings (SSSR count). The molecule has 8 atom stereocenters. The van der Waals surface area contributed by atoms with Gasteiger partial charge in [0.15, 0.2) is 0 Å². The normalized spacial score (nSPS) is 28.4. The van der Waals surface area contributed by atoms with E-state index in [4.69, 9.17) is 0 Å². The molecule has 4 aliphatic carbocycles. The van der Waals surface area contributed by atoms with Crippen molar-refractivity contribution in [2.24, 2.45) is 41.4 Å². The summed E-state index contributed by atoms with van der Waals surface area (Å²) in [5.41, 5.74) is 12.9. The first-order chi connectivity index (χ1) is 26.0. The molecule has 6 aromatic rings. The van der Waals surface area contributed by atoms with Gasteiger partial charge in [0.05, 0.1) is 0 Å². The van der Waals surface area contributed by atoms with Gasteiger partial charge in [-0.05, 0) is 154 Å². The van der Waals surface area contributed by atoms with E-state index in [0.717, 1.165) is 58.5 Å². The summed E-state index contributed by atoms with van der Waals surface area (Å²) in [6.45, 7) is 5.27. The topological polar surface area (TPSA) is 3.24 Å². The van der Waals surface area contributed by atoms with E-state index in [-0.39, 0.29) is 0 Å². The van der Waals surface area contributed by atoms with E-state index in [1.165, 1.54) is 71.9 Å². The molecule has 0 spiro atoms. The van der Waals surface area contributed by atoms with Crippen molar-refractivity contribution in [2.45, 2.75) is 57.8 Å². The largest absolute Gasteiger partial charge is 0.311 e. The summed E-state index contributed by atoms with van der Waals surface area (Å²) in [5.74, 6) is 6.54. The Bertz CT molecular complexity index is 2090. The van der Waals surface area contributed by atoms with E-state index < -0.39 is 0 Å². The summed E-state index contributed by atoms with van der Waals surface area (Å²) in [5, 5.41) is 0. The van der Waals surface area contributed by atoms with Crippen molar-refractivity contribution in [1.29, 1.82) is 0 Å². The average Bonchev–Trinajstić information content (AvgIpc) is 3.22. The molecule has 0 aliphatic heterocycles. The summed E-state index contributed by atoms with van der Waals surface area (Å²) in [4.78, 5) is 2.38. The summed E-state index contributed by atoms with van der Waals surface area (Å²) in [6.07, 6.45) is 8.86. The minimum Gasteiger partial charge on any atom is -0.311 e. The van der Waals surface area contributed by atoms with Gasteiger partial charge in [-0.15, -0.1) is 0 Å². The van der Waals surface area contributed by atoms with Crippen LogP contribution in [0.4, 0.5) is 17.1 Å². The molecule has 0 saturated heterocycles. The summed E-state index contributed by atoms with van der Waals surface area (Å²) >= 11 is 0. The molecule has 0 aromatic heterocycles. The minimum absolute atomic E-state index is 0.303. The second-order valence-electron chi connectivity index (χ2n) is 17.2. The van der Waals surface area contributed by atoms with E-state index in [9.17, 15) is 0 Å². The summed E-state index contributed by atoms with van der Waals surface area (Å²) < 4.78 is 0. The highest BCUT2D eigenvalue weighted by Gasteiger charge is 2.60. The Morgan fingerprint density at radius 1 is 0.434 bits per heavy atom. The van der Waals surface area contributed by atoms with Crippen LogP contribution in [0.1, 0.15) is 57.9 Å². The summed E-state index contributed by atoms with van der Waals surface area (Å²) in [6, 6.07) is 58.3. The first-order valence-electron chi connectivity index (χ1n) is 20.3. The maximum Gasteiger partial charge on any atom is 0.0462 e. The smallest absolute Gasteiger partial charge is 0.0462 e. The molecule has 4 fully saturated rings. The standard InChI is InChI=1S/C52H51N/c1-35-31-44-34-49-48(35)32-36-13-30-51(50(49)33-36)52(44,2)43-22-14-39(15-23-43)42-20-28-47(29-21-42)53(45-24-16-40(17-25-45)37-9-5-3-6-10-37)46-26-18-41(19-27-46)38-11-7-4-8-12-38/h3-12,14-29,35-36,44,48-51H,13,30-34H2,1-2H3. The Kier molecular flexibility index (Phi) is 8.16. The zero-order valence-corrected chi connectivity index (χ0v) is 31.2. The van der Waals surface area contributed by atoms with E-state index in [0.29, 0.717) is 5.41 Å². The van der Waals surface area contributed by atoms with Crippen LogP contribution in [-0.4, -0.2) is 0 Å². The molecule has 4 aliphatic rings. The SMILES string of the molecule is CC1CC2CC3C1CC1CCC(C3C1)C2(C)c1ccc(-c2ccc(N(c3ccc(-c4ccccc4)cc3)c3ccc(-c4ccccc4)cc3)cc2)cc1. The van der Waals surface area contributed by atoms with Gasteiger partial charge in [-0.1, -0.05) is 142 Å². The van der Waals surface area contributed by atoms with Crippen LogP contribution in [0.3, 0.4) is 0 Å². The molecule has 264 valence electrons. The van der Waals surface area contributed by atoms with Gasteiger partial charge in [-0.3, -0.25) is 0 Å². The lowest BCUT2D eigenvalue weighted by atomic mass is 9.39. The highest BCUT2D eigenvalue weighted by atomic mass is 15.1. The van der Waals surface area contributed by atoms with E-state index >= 15 is 0 Å². The number of fused-ring (bicyclic) bond motifs is 2. The van der Waals surface area contributed by atoms with Gasteiger partial charge in [-0.2, -0.15) is 0 Å². The first-order valence-corrected chi connectivity index (χ1v) is 20.3. The summed E-state index contributed by atoms with van der Waals surface area (Å²) in [7, 11) is 0. The fourth-order valence-corrected chi connectivity index (χ4v) is 12.0. The number of hydrogen-bond acceptors (Lipinski definition) is 1. The van der Waals surface area contributed by atoms with E-state index in [1.807, 2.05) is 0 Å². The van der Waals surface area contributed by atoms with Crippen LogP contribution >= 0.6 is 0 Å². The van der Waals surface area contributed by atoms with Crippen molar-refractivity contribution < 1.29 is 0 Å². The highest BCUT2D eigenvalue weighted by Crippen LogP contribution is 2.67. The van der Waals surface area contributed by atoms with Crippen molar-refractivity contribution in [3.05, 3.63) is 163 Å². The predicted molar refractivity (Wildman–Crippen MR) is 223 cm³/mol. The van der Waals surface area contributed by atoms with Crippen molar-refractivity contribution in [3.63, 3.8) is 0 Å². The maximum atomic E-state index is 2.68. The minimum atomic E-state index is 0.303. The molecule has 8 unspecified atom stereocenters. The molecule has 53 heavy (non-hydrogen) atoms. The Hall–Kier alpha value is -4.88. The van der Waals surface area contributed by atoms with Crippen molar-refractivity contribution in [1.82, 2.24) is 0 Å². The Morgan fingerprint density at radius 2 is 0.868 bits per heavy atom. The first kappa shape index (κ1) is 32.7. The van der Waals surface area contributed by atoms with Crippen molar-refractivity contribution >= 4 is 17.1 Å². The van der Waals surface area contributed by atoms with Gasteiger partial charge in [0, 0.05) is 17.1 Å². The van der Waals surface area contributed by atoms with Crippen LogP contribution in [0.15, 0.2) is 158 Å². The number of benzene rings is 6. The van der Waals surface area contributed by atoms with Crippen LogP contribution < -0.4 is 4.90 Å². The molecule has 0 amide bonds. The fourth-order valence-electron chi connectivity index (χ4n) is 12.0. The number of anilines is 3. The van der Waals surface area contributed by atoms with Crippen LogP contribution in [0.5, 0.6) is 0 Å². The van der Waals surface area contributed by atoms with E-state index in [1.54, 1.807) is 5.56 Å². The second kappa shape index (κ2) is 13.2. The molecule has 4 bridgehead atoms. The van der Waals surface area contributed by atoms with Crippen molar-refractivity contribution in [3.8, 4) is 33.4 Å². The second-order valence-corrected chi connectivity index (χ2v) is 17.2. The average molecular weight is 690 g/mol. The van der Waals surface area contributed by atoms with Gasteiger partial charge in [-0.25, -0.2) is 0 Å². The molecule has 0 radical (unpaired) electrons. The molecule has 1 nitrogen and oxygen atoms in total. The van der Waals surface area contributed by atoms with Gasteiger partial charge in [0.1, 0.15) is 0 Å². The van der Waals surface area contributed by atoms with Crippen molar-refractivity contribution in [2.75, 3.05) is 4.90 Å². The Labute approximate surface area is 316 Å². The highest BCUT2D eigenvalue weighted by molar-refractivity contribution is 5.81. The predicted octanol–water partition coefficient (Wildman–Crippen LogP) is 14.1. The molecule has 0 N–H and O–H groups in total. The van der Waals surface area contributed by atoms with Gasteiger partial charge >= 0.3 is 0 Å². The number of nitrogens with zero attached hydrogens (tertiary/aromatic N) is 1. The van der Waals surface area contributed by atoms with Crippen LogP contribution in [0.25, 0.3) is 33.4 Å². The monoisotopic (exact) mass is 689 g/mol. The lowest BCUT2D eigenvalue weighted by Gasteiger charge is -2.65. The zero-order valence-electron chi connectivity index (χ0n) is 31.2. The Balaban J connectivity index is 0.952. The molecular formula is C52H51N. The zero-order chi connectivity index (χ0) is 35.5. The molecule has 4 saturated carbocycles. The molecule has 0 heterocycles. The maximum absolute atomic E-state index is 2.68. The third kappa shape index (κ3) is 5.67. The third-order valence-corrected chi connectivity index (χ3v) is 14.7. The molecule has 6 aromatic carbocycles. The quantitative estimate of drug-likeness (QED) is 0.161. The number of hydrogen-bond donors (Lipinski definition) is 0. The lowest BCUT2D eigenvalue weighted by Crippen LogP contribution is -2.59. The molecular weight excluding hydrogens is 639 g/mol. The number of rotatable bonds is 7.